The van der Waals surface area contributed by atoms with Crippen LogP contribution < -0.4 is 0 Å². The highest BCUT2D eigenvalue weighted by Gasteiger charge is 2.24. The number of carbonyl (C=O) groups excluding carboxylic acids is 1. The quantitative estimate of drug-likeness (QED) is 0.689. The van der Waals surface area contributed by atoms with Crippen LogP contribution in [0.2, 0.25) is 5.02 Å². The van der Waals surface area contributed by atoms with Crippen LogP contribution in [0.4, 0.5) is 0 Å². The molecule has 1 fully saturated rings. The third kappa shape index (κ3) is 3.62. The van der Waals surface area contributed by atoms with Gasteiger partial charge in [-0.1, -0.05) is 41.4 Å². The van der Waals surface area contributed by atoms with Gasteiger partial charge in [-0.25, -0.2) is 0 Å². The van der Waals surface area contributed by atoms with Crippen molar-refractivity contribution in [3.8, 4) is 0 Å². The fraction of sp³-hybridized carbons (Fsp3) is 0.286. The van der Waals surface area contributed by atoms with E-state index in [1.165, 1.54) is 11.1 Å². The van der Waals surface area contributed by atoms with E-state index in [9.17, 15) is 4.79 Å². The Morgan fingerprint density at radius 1 is 1.08 bits per heavy atom. The molecule has 26 heavy (non-hydrogen) atoms. The molecule has 4 rings (SSSR count). The number of piperazine rings is 1. The summed E-state index contributed by atoms with van der Waals surface area (Å²) in [6.07, 6.45) is 0. The molecule has 1 aliphatic rings. The Balaban J connectivity index is 1.39. The molecule has 0 radical (unpaired) electrons. The lowest BCUT2D eigenvalue weighted by atomic mass is 10.1. The summed E-state index contributed by atoms with van der Waals surface area (Å²) in [6.45, 7) is 6.19. The molecule has 1 aliphatic heterocycles. The molecule has 0 aliphatic carbocycles. The minimum Gasteiger partial charge on any atom is -0.451 e. The number of fused-ring (bicyclic) bond motifs is 1. The SMILES string of the molecule is Cc1cccc(CN2CCN(C(=O)c3cc4cc(Cl)ccc4o3)CC2)c1. The zero-order valence-corrected chi connectivity index (χ0v) is 15.5. The summed E-state index contributed by atoms with van der Waals surface area (Å²) in [5.41, 5.74) is 3.29. The summed E-state index contributed by atoms with van der Waals surface area (Å²) in [6, 6.07) is 15.7. The summed E-state index contributed by atoms with van der Waals surface area (Å²) in [5, 5.41) is 1.50. The molecule has 0 spiro atoms. The number of hydrogen-bond donors (Lipinski definition) is 0. The Morgan fingerprint density at radius 3 is 2.65 bits per heavy atom. The topological polar surface area (TPSA) is 36.7 Å². The zero-order valence-electron chi connectivity index (χ0n) is 14.7. The molecule has 134 valence electrons. The van der Waals surface area contributed by atoms with Crippen molar-refractivity contribution in [1.29, 1.82) is 0 Å². The minimum atomic E-state index is -0.0486. The van der Waals surface area contributed by atoms with Crippen LogP contribution in [-0.2, 0) is 6.54 Å². The van der Waals surface area contributed by atoms with Gasteiger partial charge in [0.1, 0.15) is 5.58 Å². The Morgan fingerprint density at radius 2 is 1.88 bits per heavy atom. The van der Waals surface area contributed by atoms with Crippen LogP contribution in [0.15, 0.2) is 52.9 Å². The largest absolute Gasteiger partial charge is 0.451 e. The smallest absolute Gasteiger partial charge is 0.289 e. The normalized spacial score (nSPS) is 15.5. The monoisotopic (exact) mass is 368 g/mol. The van der Waals surface area contributed by atoms with Crippen molar-refractivity contribution < 1.29 is 9.21 Å². The first-order chi connectivity index (χ1) is 12.6. The van der Waals surface area contributed by atoms with Crippen LogP contribution >= 0.6 is 11.6 Å². The molecule has 4 nitrogen and oxygen atoms in total. The van der Waals surface area contributed by atoms with E-state index < -0.39 is 0 Å². The molecule has 3 aromatic rings. The summed E-state index contributed by atoms with van der Waals surface area (Å²) >= 11 is 6.01. The lowest BCUT2D eigenvalue weighted by molar-refractivity contribution is 0.0600. The van der Waals surface area contributed by atoms with Crippen LogP contribution in [0.3, 0.4) is 0 Å². The van der Waals surface area contributed by atoms with E-state index in [-0.39, 0.29) is 5.91 Å². The fourth-order valence-corrected chi connectivity index (χ4v) is 3.63. The van der Waals surface area contributed by atoms with E-state index in [2.05, 4.69) is 36.1 Å². The number of halogens is 1. The third-order valence-electron chi connectivity index (χ3n) is 4.84. The third-order valence-corrected chi connectivity index (χ3v) is 5.07. The van der Waals surface area contributed by atoms with Gasteiger partial charge in [0, 0.05) is 43.1 Å². The summed E-state index contributed by atoms with van der Waals surface area (Å²) in [7, 11) is 0. The van der Waals surface area contributed by atoms with Crippen molar-refractivity contribution in [2.75, 3.05) is 26.2 Å². The van der Waals surface area contributed by atoms with Crippen molar-refractivity contribution in [2.24, 2.45) is 0 Å². The second-order valence-electron chi connectivity index (χ2n) is 6.85. The molecule has 5 heteroatoms. The number of aryl methyl sites for hydroxylation is 1. The number of carbonyl (C=O) groups is 1. The van der Waals surface area contributed by atoms with Crippen LogP contribution in [0.5, 0.6) is 0 Å². The van der Waals surface area contributed by atoms with E-state index in [4.69, 9.17) is 16.0 Å². The van der Waals surface area contributed by atoms with E-state index in [0.29, 0.717) is 29.5 Å². The first kappa shape index (κ1) is 17.1. The molecule has 1 aromatic heterocycles. The highest BCUT2D eigenvalue weighted by atomic mass is 35.5. The van der Waals surface area contributed by atoms with Crippen LogP contribution in [0.25, 0.3) is 11.0 Å². The van der Waals surface area contributed by atoms with E-state index in [1.54, 1.807) is 18.2 Å². The Hall–Kier alpha value is -2.30. The first-order valence-corrected chi connectivity index (χ1v) is 9.22. The van der Waals surface area contributed by atoms with E-state index in [0.717, 1.165) is 25.0 Å². The molecular weight excluding hydrogens is 348 g/mol. The van der Waals surface area contributed by atoms with Crippen LogP contribution in [0.1, 0.15) is 21.7 Å². The molecule has 2 aromatic carbocycles. The standard InChI is InChI=1S/C21H21ClN2O2/c1-15-3-2-4-16(11-15)14-23-7-9-24(10-8-23)21(25)20-13-17-12-18(22)5-6-19(17)26-20/h2-6,11-13H,7-10,14H2,1H3. The Bertz CT molecular complexity index is 942. The molecule has 0 unspecified atom stereocenters. The van der Waals surface area contributed by atoms with Gasteiger partial charge in [0.05, 0.1) is 0 Å². The Labute approximate surface area is 157 Å². The molecule has 2 heterocycles. The molecule has 0 bridgehead atoms. The fourth-order valence-electron chi connectivity index (χ4n) is 3.45. The van der Waals surface area contributed by atoms with Gasteiger partial charge in [-0.3, -0.25) is 9.69 Å². The average Bonchev–Trinajstić information content (AvgIpc) is 3.05. The highest BCUT2D eigenvalue weighted by Crippen LogP contribution is 2.24. The maximum absolute atomic E-state index is 12.7. The predicted octanol–water partition coefficient (Wildman–Crippen LogP) is 4.35. The lowest BCUT2D eigenvalue weighted by Crippen LogP contribution is -2.48. The molecule has 0 N–H and O–H groups in total. The molecular formula is C21H21ClN2O2. The predicted molar refractivity (Wildman–Crippen MR) is 104 cm³/mol. The molecule has 1 amide bonds. The average molecular weight is 369 g/mol. The van der Waals surface area contributed by atoms with Crippen molar-refractivity contribution in [3.63, 3.8) is 0 Å². The van der Waals surface area contributed by atoms with Gasteiger partial charge in [-0.2, -0.15) is 0 Å². The van der Waals surface area contributed by atoms with Gasteiger partial charge in [0.25, 0.3) is 5.91 Å². The van der Waals surface area contributed by atoms with Crippen molar-refractivity contribution in [2.45, 2.75) is 13.5 Å². The van der Waals surface area contributed by atoms with E-state index >= 15 is 0 Å². The van der Waals surface area contributed by atoms with Gasteiger partial charge in [-0.05, 0) is 36.8 Å². The Kier molecular flexibility index (Phi) is 4.70. The van der Waals surface area contributed by atoms with Gasteiger partial charge in [0.15, 0.2) is 5.76 Å². The second kappa shape index (κ2) is 7.14. The number of hydrogen-bond acceptors (Lipinski definition) is 3. The molecule has 0 atom stereocenters. The summed E-state index contributed by atoms with van der Waals surface area (Å²) in [4.78, 5) is 17.0. The van der Waals surface area contributed by atoms with E-state index in [1.807, 2.05) is 11.0 Å². The van der Waals surface area contributed by atoms with Crippen LogP contribution in [0, 0.1) is 6.92 Å². The zero-order chi connectivity index (χ0) is 18.1. The summed E-state index contributed by atoms with van der Waals surface area (Å²) < 4.78 is 5.71. The minimum absolute atomic E-state index is 0.0486. The van der Waals surface area contributed by atoms with Gasteiger partial charge in [-0.15, -0.1) is 0 Å². The number of amides is 1. The number of benzene rings is 2. The number of nitrogens with zero attached hydrogens (tertiary/aromatic N) is 2. The number of furan rings is 1. The maximum Gasteiger partial charge on any atom is 0.289 e. The maximum atomic E-state index is 12.7. The van der Waals surface area contributed by atoms with Crippen molar-refractivity contribution >= 4 is 28.5 Å². The first-order valence-electron chi connectivity index (χ1n) is 8.85. The summed E-state index contributed by atoms with van der Waals surface area (Å²) in [5.74, 6) is 0.335. The van der Waals surface area contributed by atoms with Crippen LogP contribution in [-0.4, -0.2) is 41.9 Å². The van der Waals surface area contributed by atoms with Gasteiger partial charge < -0.3 is 9.32 Å². The van der Waals surface area contributed by atoms with Crippen molar-refractivity contribution in [1.82, 2.24) is 9.80 Å². The second-order valence-corrected chi connectivity index (χ2v) is 7.29. The lowest BCUT2D eigenvalue weighted by Gasteiger charge is -2.34. The van der Waals surface area contributed by atoms with Gasteiger partial charge >= 0.3 is 0 Å². The highest BCUT2D eigenvalue weighted by molar-refractivity contribution is 6.31. The number of rotatable bonds is 3. The molecule has 0 saturated carbocycles. The van der Waals surface area contributed by atoms with Gasteiger partial charge in [0.2, 0.25) is 0 Å². The van der Waals surface area contributed by atoms with Crippen molar-refractivity contribution in [3.05, 3.63) is 70.4 Å². The molecule has 1 saturated heterocycles.